The summed E-state index contributed by atoms with van der Waals surface area (Å²) >= 11 is 0. The molecule has 1 fully saturated rings. The molecule has 1 saturated carbocycles. The Morgan fingerprint density at radius 3 is 2.35 bits per heavy atom. The van der Waals surface area contributed by atoms with Crippen LogP contribution in [-0.2, 0) is 0 Å². The van der Waals surface area contributed by atoms with Gasteiger partial charge in [0.2, 0.25) is 0 Å². The van der Waals surface area contributed by atoms with E-state index < -0.39 is 0 Å². The molecule has 1 aliphatic carbocycles. The highest BCUT2D eigenvalue weighted by Gasteiger charge is 2.20. The van der Waals surface area contributed by atoms with Gasteiger partial charge in [-0.1, -0.05) is 6.92 Å². The second-order valence-electron chi connectivity index (χ2n) is 6.82. The number of amides is 1. The number of aromatic nitrogens is 2. The third kappa shape index (κ3) is 3.63. The van der Waals surface area contributed by atoms with Crippen molar-refractivity contribution in [3.63, 3.8) is 0 Å². The van der Waals surface area contributed by atoms with Gasteiger partial charge >= 0.3 is 0 Å². The minimum atomic E-state index is 0.0319. The van der Waals surface area contributed by atoms with Crippen LogP contribution in [0.15, 0.2) is 30.3 Å². The molecule has 2 aromatic rings. The fourth-order valence-corrected chi connectivity index (χ4v) is 3.32. The molecule has 0 saturated heterocycles. The number of hydrogen-bond acceptors (Lipinski definition) is 2. The quantitative estimate of drug-likeness (QED) is 0.937. The van der Waals surface area contributed by atoms with Crippen molar-refractivity contribution in [1.29, 1.82) is 0 Å². The first-order chi connectivity index (χ1) is 11.0. The van der Waals surface area contributed by atoms with Crippen LogP contribution in [0.1, 0.15) is 54.4 Å². The Balaban J connectivity index is 1.67. The normalized spacial score (nSPS) is 21.2. The van der Waals surface area contributed by atoms with Crippen LogP contribution in [0.5, 0.6) is 0 Å². The Morgan fingerprint density at radius 1 is 1.13 bits per heavy atom. The number of aryl methyl sites for hydroxylation is 2. The van der Waals surface area contributed by atoms with Crippen molar-refractivity contribution < 1.29 is 4.79 Å². The molecule has 0 radical (unpaired) electrons. The molecule has 0 bridgehead atoms. The Bertz CT molecular complexity index is 679. The van der Waals surface area contributed by atoms with E-state index in [0.29, 0.717) is 11.6 Å². The van der Waals surface area contributed by atoms with Crippen molar-refractivity contribution in [2.45, 2.75) is 52.5 Å². The van der Waals surface area contributed by atoms with Crippen LogP contribution in [0.2, 0.25) is 0 Å². The second-order valence-corrected chi connectivity index (χ2v) is 6.82. The molecule has 1 aromatic carbocycles. The molecule has 122 valence electrons. The van der Waals surface area contributed by atoms with Gasteiger partial charge in [0.25, 0.3) is 5.91 Å². The zero-order valence-corrected chi connectivity index (χ0v) is 14.2. The van der Waals surface area contributed by atoms with Gasteiger partial charge in [-0.2, -0.15) is 5.10 Å². The van der Waals surface area contributed by atoms with E-state index in [0.717, 1.165) is 35.8 Å². The molecular formula is C19H25N3O. The van der Waals surface area contributed by atoms with Crippen LogP contribution < -0.4 is 5.32 Å². The molecule has 3 rings (SSSR count). The number of carbonyl (C=O) groups is 1. The number of hydrogen-bond donors (Lipinski definition) is 1. The van der Waals surface area contributed by atoms with Crippen molar-refractivity contribution in [2.75, 3.05) is 0 Å². The van der Waals surface area contributed by atoms with Gasteiger partial charge in [-0.15, -0.1) is 0 Å². The number of nitrogens with one attached hydrogen (secondary N) is 1. The summed E-state index contributed by atoms with van der Waals surface area (Å²) in [5.74, 6) is 0.827. The summed E-state index contributed by atoms with van der Waals surface area (Å²) in [5, 5.41) is 7.64. The summed E-state index contributed by atoms with van der Waals surface area (Å²) in [7, 11) is 0. The van der Waals surface area contributed by atoms with Gasteiger partial charge < -0.3 is 5.32 Å². The fraction of sp³-hybridized carbons (Fsp3) is 0.474. The first kappa shape index (κ1) is 15.8. The molecule has 1 N–H and O–H groups in total. The number of nitrogens with zero attached hydrogens (tertiary/aromatic N) is 2. The van der Waals surface area contributed by atoms with Crippen molar-refractivity contribution in [3.8, 4) is 5.69 Å². The Morgan fingerprint density at radius 2 is 1.78 bits per heavy atom. The SMILES string of the molecule is Cc1cc(C)n(-c2ccc(C(=O)NC3CCC(C)CC3)cc2)n1. The van der Waals surface area contributed by atoms with Crippen molar-refractivity contribution in [2.24, 2.45) is 5.92 Å². The highest BCUT2D eigenvalue weighted by atomic mass is 16.1. The van der Waals surface area contributed by atoms with Crippen LogP contribution in [0.3, 0.4) is 0 Å². The molecule has 1 aromatic heterocycles. The van der Waals surface area contributed by atoms with Crippen LogP contribution in [-0.4, -0.2) is 21.7 Å². The molecule has 4 heteroatoms. The monoisotopic (exact) mass is 311 g/mol. The van der Waals surface area contributed by atoms with Crippen molar-refractivity contribution in [1.82, 2.24) is 15.1 Å². The van der Waals surface area contributed by atoms with E-state index in [1.54, 1.807) is 0 Å². The summed E-state index contributed by atoms with van der Waals surface area (Å²) in [6.45, 7) is 6.30. The van der Waals surface area contributed by atoms with Gasteiger partial charge in [-0.05, 0) is 75.8 Å². The predicted octanol–water partition coefficient (Wildman–Crippen LogP) is 3.80. The summed E-state index contributed by atoms with van der Waals surface area (Å²) in [6.07, 6.45) is 4.61. The Labute approximate surface area is 137 Å². The van der Waals surface area contributed by atoms with Gasteiger partial charge in [0.15, 0.2) is 0 Å². The van der Waals surface area contributed by atoms with Crippen molar-refractivity contribution >= 4 is 5.91 Å². The van der Waals surface area contributed by atoms with E-state index in [4.69, 9.17) is 0 Å². The summed E-state index contributed by atoms with van der Waals surface area (Å²) in [4.78, 5) is 12.4. The molecule has 0 spiro atoms. The summed E-state index contributed by atoms with van der Waals surface area (Å²) in [5.41, 5.74) is 3.79. The minimum absolute atomic E-state index is 0.0319. The van der Waals surface area contributed by atoms with Crippen LogP contribution >= 0.6 is 0 Å². The third-order valence-corrected chi connectivity index (χ3v) is 4.73. The molecular weight excluding hydrogens is 286 g/mol. The standard InChI is InChI=1S/C19H25N3O/c1-13-4-8-17(9-5-13)20-19(23)16-6-10-18(11-7-16)22-15(3)12-14(2)21-22/h6-7,10-13,17H,4-5,8-9H2,1-3H3,(H,20,23). The average molecular weight is 311 g/mol. The number of carbonyl (C=O) groups excluding carboxylic acids is 1. The van der Waals surface area contributed by atoms with E-state index in [9.17, 15) is 4.79 Å². The molecule has 0 unspecified atom stereocenters. The van der Waals surface area contributed by atoms with E-state index in [-0.39, 0.29) is 5.91 Å². The molecule has 1 aliphatic rings. The fourth-order valence-electron chi connectivity index (χ4n) is 3.32. The van der Waals surface area contributed by atoms with E-state index in [2.05, 4.69) is 17.3 Å². The lowest BCUT2D eigenvalue weighted by molar-refractivity contribution is 0.0923. The highest BCUT2D eigenvalue weighted by molar-refractivity contribution is 5.94. The van der Waals surface area contributed by atoms with Crippen LogP contribution in [0.25, 0.3) is 5.69 Å². The number of rotatable bonds is 3. The zero-order chi connectivity index (χ0) is 16.4. The molecule has 0 atom stereocenters. The lowest BCUT2D eigenvalue weighted by Gasteiger charge is -2.26. The first-order valence-electron chi connectivity index (χ1n) is 8.47. The number of benzene rings is 1. The van der Waals surface area contributed by atoms with Crippen LogP contribution in [0, 0.1) is 19.8 Å². The molecule has 1 heterocycles. The highest BCUT2D eigenvalue weighted by Crippen LogP contribution is 2.23. The topological polar surface area (TPSA) is 46.9 Å². The lowest BCUT2D eigenvalue weighted by atomic mass is 9.87. The maximum Gasteiger partial charge on any atom is 0.251 e. The van der Waals surface area contributed by atoms with Gasteiger partial charge in [0.05, 0.1) is 11.4 Å². The van der Waals surface area contributed by atoms with Gasteiger partial charge in [0, 0.05) is 17.3 Å². The Kier molecular flexibility index (Phi) is 4.51. The Hall–Kier alpha value is -2.10. The van der Waals surface area contributed by atoms with Gasteiger partial charge in [-0.3, -0.25) is 4.79 Å². The molecule has 1 amide bonds. The van der Waals surface area contributed by atoms with Gasteiger partial charge in [0.1, 0.15) is 0 Å². The van der Waals surface area contributed by atoms with Crippen molar-refractivity contribution in [3.05, 3.63) is 47.3 Å². The summed E-state index contributed by atoms with van der Waals surface area (Å²) in [6, 6.07) is 10.0. The molecule has 0 aliphatic heterocycles. The minimum Gasteiger partial charge on any atom is -0.349 e. The first-order valence-corrected chi connectivity index (χ1v) is 8.47. The molecule has 4 nitrogen and oxygen atoms in total. The zero-order valence-electron chi connectivity index (χ0n) is 14.2. The van der Waals surface area contributed by atoms with Gasteiger partial charge in [-0.25, -0.2) is 4.68 Å². The molecule has 23 heavy (non-hydrogen) atoms. The van der Waals surface area contributed by atoms with Crippen LogP contribution in [0.4, 0.5) is 0 Å². The van der Waals surface area contributed by atoms with E-state index in [1.165, 1.54) is 12.8 Å². The maximum absolute atomic E-state index is 12.4. The smallest absolute Gasteiger partial charge is 0.251 e. The largest absolute Gasteiger partial charge is 0.349 e. The van der Waals surface area contributed by atoms with E-state index >= 15 is 0 Å². The predicted molar refractivity (Wildman–Crippen MR) is 91.9 cm³/mol. The average Bonchev–Trinajstić information content (AvgIpc) is 2.88. The third-order valence-electron chi connectivity index (χ3n) is 4.73. The lowest BCUT2D eigenvalue weighted by Crippen LogP contribution is -2.37. The maximum atomic E-state index is 12.4. The van der Waals surface area contributed by atoms with E-state index in [1.807, 2.05) is 48.9 Å². The second kappa shape index (κ2) is 6.57. The summed E-state index contributed by atoms with van der Waals surface area (Å²) < 4.78 is 1.90.